The molecule has 1 atom stereocenters. The highest BCUT2D eigenvalue weighted by atomic mass is 79.9. The van der Waals surface area contributed by atoms with Gasteiger partial charge in [-0.3, -0.25) is 9.59 Å². The first-order chi connectivity index (χ1) is 15.5. The molecule has 0 aliphatic carbocycles. The van der Waals surface area contributed by atoms with Crippen molar-refractivity contribution < 1.29 is 18.3 Å². The second-order valence-corrected chi connectivity index (χ2v) is 8.47. The molecule has 2 heterocycles. The van der Waals surface area contributed by atoms with Crippen LogP contribution in [0.25, 0.3) is 11.0 Å². The minimum atomic E-state index is -0.669. The maximum absolute atomic E-state index is 13.6. The molecule has 1 amide bonds. The molecule has 0 N–H and O–H groups in total. The van der Waals surface area contributed by atoms with Crippen molar-refractivity contribution in [3.8, 4) is 5.75 Å². The van der Waals surface area contributed by atoms with Crippen molar-refractivity contribution in [2.24, 2.45) is 0 Å². The van der Waals surface area contributed by atoms with Gasteiger partial charge >= 0.3 is 0 Å². The summed E-state index contributed by atoms with van der Waals surface area (Å²) < 4.78 is 25.5. The summed E-state index contributed by atoms with van der Waals surface area (Å²) in [5.74, 6) is -0.111. The lowest BCUT2D eigenvalue weighted by Crippen LogP contribution is -2.29. The first kappa shape index (κ1) is 20.5. The molecule has 0 bridgehead atoms. The van der Waals surface area contributed by atoms with Crippen molar-refractivity contribution in [2.75, 3.05) is 7.11 Å². The zero-order chi connectivity index (χ0) is 22.4. The zero-order valence-electron chi connectivity index (χ0n) is 17.0. The van der Waals surface area contributed by atoms with Crippen LogP contribution >= 0.6 is 15.9 Å². The Morgan fingerprint density at radius 3 is 2.59 bits per heavy atom. The molecule has 1 aliphatic heterocycles. The Bertz CT molecular complexity index is 1410. The van der Waals surface area contributed by atoms with Crippen molar-refractivity contribution in [1.82, 2.24) is 4.90 Å². The monoisotopic (exact) mass is 493 g/mol. The molecule has 160 valence electrons. The average Bonchev–Trinajstić information content (AvgIpc) is 3.08. The summed E-state index contributed by atoms with van der Waals surface area (Å²) in [6, 6.07) is 17.6. The SMILES string of the molecule is COc1cccc(C2c3c(oc4ccc(Br)cc4c3=O)C(=O)N2Cc2ccc(F)cc2)c1. The molecule has 0 spiro atoms. The Balaban J connectivity index is 1.72. The van der Waals surface area contributed by atoms with Gasteiger partial charge in [0.1, 0.15) is 17.1 Å². The van der Waals surface area contributed by atoms with Gasteiger partial charge in [0.05, 0.1) is 24.1 Å². The Kier molecular flexibility index (Phi) is 5.06. The molecule has 0 saturated carbocycles. The minimum absolute atomic E-state index is 0.0276. The maximum Gasteiger partial charge on any atom is 0.291 e. The summed E-state index contributed by atoms with van der Waals surface area (Å²) in [5, 5.41) is 0.391. The predicted molar refractivity (Wildman–Crippen MR) is 121 cm³/mol. The van der Waals surface area contributed by atoms with Crippen LogP contribution in [-0.2, 0) is 6.54 Å². The first-order valence-corrected chi connectivity index (χ1v) is 10.7. The molecule has 32 heavy (non-hydrogen) atoms. The van der Waals surface area contributed by atoms with E-state index in [-0.39, 0.29) is 35.0 Å². The zero-order valence-corrected chi connectivity index (χ0v) is 18.6. The summed E-state index contributed by atoms with van der Waals surface area (Å²) in [5.41, 5.74) is 1.83. The van der Waals surface area contributed by atoms with Gasteiger partial charge in [0, 0.05) is 11.0 Å². The Morgan fingerprint density at radius 1 is 1.06 bits per heavy atom. The van der Waals surface area contributed by atoms with E-state index in [4.69, 9.17) is 9.15 Å². The Labute approximate surface area is 191 Å². The van der Waals surface area contributed by atoms with Gasteiger partial charge in [0.25, 0.3) is 5.91 Å². The molecule has 4 aromatic rings. The number of rotatable bonds is 4. The molecule has 7 heteroatoms. The summed E-state index contributed by atoms with van der Waals surface area (Å²) in [7, 11) is 1.56. The molecular weight excluding hydrogens is 477 g/mol. The van der Waals surface area contributed by atoms with Gasteiger partial charge < -0.3 is 14.1 Å². The quantitative estimate of drug-likeness (QED) is 0.379. The van der Waals surface area contributed by atoms with Crippen molar-refractivity contribution in [3.05, 3.63) is 110 Å². The molecule has 1 aromatic heterocycles. The molecule has 5 rings (SSSR count). The highest BCUT2D eigenvalue weighted by Crippen LogP contribution is 2.40. The van der Waals surface area contributed by atoms with E-state index in [1.165, 1.54) is 12.1 Å². The van der Waals surface area contributed by atoms with E-state index in [1.807, 2.05) is 12.1 Å². The van der Waals surface area contributed by atoms with Crippen molar-refractivity contribution in [2.45, 2.75) is 12.6 Å². The van der Waals surface area contributed by atoms with Gasteiger partial charge in [-0.25, -0.2) is 4.39 Å². The number of hydrogen-bond donors (Lipinski definition) is 0. The third kappa shape index (κ3) is 3.39. The topological polar surface area (TPSA) is 59.8 Å². The van der Waals surface area contributed by atoms with E-state index < -0.39 is 6.04 Å². The van der Waals surface area contributed by atoms with Crippen molar-refractivity contribution >= 4 is 32.8 Å². The van der Waals surface area contributed by atoms with Crippen LogP contribution in [0.1, 0.15) is 33.3 Å². The number of methoxy groups -OCH3 is 1. The molecule has 5 nitrogen and oxygen atoms in total. The van der Waals surface area contributed by atoms with Gasteiger partial charge in [-0.2, -0.15) is 0 Å². The van der Waals surface area contributed by atoms with Crippen LogP contribution in [0, 0.1) is 5.82 Å². The Hall–Kier alpha value is -3.45. The first-order valence-electron chi connectivity index (χ1n) is 9.92. The summed E-state index contributed by atoms with van der Waals surface area (Å²) in [6.45, 7) is 0.185. The van der Waals surface area contributed by atoms with Crippen LogP contribution in [0.15, 0.2) is 80.4 Å². The van der Waals surface area contributed by atoms with Crippen LogP contribution in [0.3, 0.4) is 0 Å². The number of hydrogen-bond acceptors (Lipinski definition) is 4. The summed E-state index contributed by atoms with van der Waals surface area (Å²) in [6.07, 6.45) is 0. The maximum atomic E-state index is 13.6. The highest BCUT2D eigenvalue weighted by Gasteiger charge is 2.42. The fourth-order valence-electron chi connectivity index (χ4n) is 4.10. The molecule has 0 radical (unpaired) electrons. The molecule has 1 unspecified atom stereocenters. The fourth-order valence-corrected chi connectivity index (χ4v) is 4.46. The van der Waals surface area contributed by atoms with Crippen LogP contribution in [0.2, 0.25) is 0 Å². The van der Waals surface area contributed by atoms with E-state index >= 15 is 0 Å². The number of halogens is 2. The van der Waals surface area contributed by atoms with E-state index in [2.05, 4.69) is 15.9 Å². The largest absolute Gasteiger partial charge is 0.497 e. The predicted octanol–water partition coefficient (Wildman–Crippen LogP) is 5.45. The van der Waals surface area contributed by atoms with Gasteiger partial charge in [-0.05, 0) is 53.6 Å². The van der Waals surface area contributed by atoms with Crippen molar-refractivity contribution in [1.29, 1.82) is 0 Å². The normalized spacial score (nSPS) is 15.3. The highest BCUT2D eigenvalue weighted by molar-refractivity contribution is 9.10. The van der Waals surface area contributed by atoms with Crippen LogP contribution < -0.4 is 10.2 Å². The smallest absolute Gasteiger partial charge is 0.291 e. The molecular formula is C25H17BrFNO4. The van der Waals surface area contributed by atoms with Gasteiger partial charge in [0.15, 0.2) is 5.43 Å². The van der Waals surface area contributed by atoms with E-state index in [1.54, 1.807) is 54.5 Å². The number of carbonyl (C=O) groups is 1. The summed E-state index contributed by atoms with van der Waals surface area (Å²) >= 11 is 3.39. The van der Waals surface area contributed by atoms with Crippen molar-refractivity contribution in [3.63, 3.8) is 0 Å². The Morgan fingerprint density at radius 2 is 1.84 bits per heavy atom. The number of fused-ring (bicyclic) bond motifs is 2. The number of benzene rings is 3. The molecule has 1 aliphatic rings. The standard InChI is InChI=1S/C25H17BrFNO4/c1-31-18-4-2-3-15(11-18)22-21-23(29)19-12-16(26)7-10-20(19)32-24(21)25(30)28(22)13-14-5-8-17(27)9-6-14/h2-12,22H,13H2,1H3. The minimum Gasteiger partial charge on any atom is -0.497 e. The lowest BCUT2D eigenvalue weighted by molar-refractivity contribution is 0.0714. The lowest BCUT2D eigenvalue weighted by Gasteiger charge is -2.25. The number of amides is 1. The third-order valence-electron chi connectivity index (χ3n) is 5.60. The third-order valence-corrected chi connectivity index (χ3v) is 6.10. The molecule has 0 saturated heterocycles. The van der Waals surface area contributed by atoms with Crippen LogP contribution in [0.5, 0.6) is 5.75 Å². The van der Waals surface area contributed by atoms with E-state index in [9.17, 15) is 14.0 Å². The second kappa shape index (κ2) is 7.91. The summed E-state index contributed by atoms with van der Waals surface area (Å²) in [4.78, 5) is 28.6. The number of carbonyl (C=O) groups excluding carboxylic acids is 1. The average molecular weight is 494 g/mol. The molecule has 0 fully saturated rings. The van der Waals surface area contributed by atoms with Crippen LogP contribution in [0.4, 0.5) is 4.39 Å². The van der Waals surface area contributed by atoms with E-state index in [0.29, 0.717) is 16.7 Å². The van der Waals surface area contributed by atoms with Gasteiger partial charge in [-0.15, -0.1) is 0 Å². The van der Waals surface area contributed by atoms with Gasteiger partial charge in [0.2, 0.25) is 5.76 Å². The fraction of sp³-hybridized carbons (Fsp3) is 0.120. The van der Waals surface area contributed by atoms with Gasteiger partial charge in [-0.1, -0.05) is 40.2 Å². The second-order valence-electron chi connectivity index (χ2n) is 7.55. The molecule has 3 aromatic carbocycles. The number of nitrogens with zero attached hydrogens (tertiary/aromatic N) is 1. The number of ether oxygens (including phenoxy) is 1. The van der Waals surface area contributed by atoms with E-state index in [0.717, 1.165) is 15.6 Å². The van der Waals surface area contributed by atoms with Crippen LogP contribution in [-0.4, -0.2) is 17.9 Å². The lowest BCUT2D eigenvalue weighted by atomic mass is 9.98.